The molecule has 6 heteroatoms. The summed E-state index contributed by atoms with van der Waals surface area (Å²) in [6.07, 6.45) is 0. The molecule has 0 saturated heterocycles. The van der Waals surface area contributed by atoms with Gasteiger partial charge in [0, 0.05) is 42.1 Å². The van der Waals surface area contributed by atoms with Gasteiger partial charge in [-0.05, 0) is 35.9 Å². The number of nitrogens with zero attached hydrogens (tertiary/aromatic N) is 1. The van der Waals surface area contributed by atoms with Gasteiger partial charge in [-0.15, -0.1) is 0 Å². The highest BCUT2D eigenvalue weighted by atomic mass is 35.5. The number of carbonyl (C=O) groups is 1. The summed E-state index contributed by atoms with van der Waals surface area (Å²) in [5.74, 6) is 0. The fourth-order valence-electron chi connectivity index (χ4n) is 1.90. The molecule has 0 saturated carbocycles. The van der Waals surface area contributed by atoms with Crippen LogP contribution in [-0.4, -0.2) is 20.1 Å². The van der Waals surface area contributed by atoms with E-state index >= 15 is 0 Å². The smallest absolute Gasteiger partial charge is 0.319 e. The van der Waals surface area contributed by atoms with Crippen LogP contribution in [0.1, 0.15) is 5.56 Å². The Bertz CT molecular complexity index is 637. The highest BCUT2D eigenvalue weighted by Gasteiger charge is 2.04. The van der Waals surface area contributed by atoms with Crippen LogP contribution in [0.3, 0.4) is 0 Å². The van der Waals surface area contributed by atoms with E-state index in [2.05, 4.69) is 10.6 Å². The van der Waals surface area contributed by atoms with Gasteiger partial charge in [0.15, 0.2) is 0 Å². The second-order valence-electron chi connectivity index (χ2n) is 5.03. The minimum atomic E-state index is -0.310. The highest BCUT2D eigenvalue weighted by molar-refractivity contribution is 6.35. The topological polar surface area (TPSA) is 44.4 Å². The number of hydrogen-bond acceptors (Lipinski definition) is 2. The second-order valence-corrected chi connectivity index (χ2v) is 5.90. The van der Waals surface area contributed by atoms with E-state index in [1.807, 2.05) is 43.3 Å². The van der Waals surface area contributed by atoms with Gasteiger partial charge in [0.05, 0.1) is 0 Å². The molecule has 22 heavy (non-hydrogen) atoms. The van der Waals surface area contributed by atoms with Crippen LogP contribution in [0.2, 0.25) is 10.0 Å². The van der Waals surface area contributed by atoms with E-state index < -0.39 is 0 Å². The monoisotopic (exact) mass is 337 g/mol. The Balaban J connectivity index is 1.89. The molecule has 4 nitrogen and oxygen atoms in total. The molecular weight excluding hydrogens is 321 g/mol. The van der Waals surface area contributed by atoms with Crippen LogP contribution in [0.5, 0.6) is 0 Å². The van der Waals surface area contributed by atoms with Gasteiger partial charge < -0.3 is 15.5 Å². The number of hydrogen-bond donors (Lipinski definition) is 2. The molecular formula is C16H17Cl2N3O. The predicted molar refractivity (Wildman–Crippen MR) is 93.1 cm³/mol. The van der Waals surface area contributed by atoms with Crippen LogP contribution in [0, 0.1) is 0 Å². The summed E-state index contributed by atoms with van der Waals surface area (Å²) in [6, 6.07) is 12.5. The van der Waals surface area contributed by atoms with Crippen molar-refractivity contribution in [1.29, 1.82) is 0 Å². The number of urea groups is 1. The van der Waals surface area contributed by atoms with Gasteiger partial charge in [0.1, 0.15) is 0 Å². The van der Waals surface area contributed by atoms with Gasteiger partial charge in [-0.2, -0.15) is 0 Å². The molecule has 0 unspecified atom stereocenters. The first-order chi connectivity index (χ1) is 10.4. The zero-order chi connectivity index (χ0) is 16.1. The summed E-state index contributed by atoms with van der Waals surface area (Å²) in [5.41, 5.74) is 2.68. The van der Waals surface area contributed by atoms with E-state index in [0.29, 0.717) is 22.3 Å². The lowest BCUT2D eigenvalue weighted by Crippen LogP contribution is -2.28. The zero-order valence-electron chi connectivity index (χ0n) is 12.4. The molecule has 0 radical (unpaired) electrons. The zero-order valence-corrected chi connectivity index (χ0v) is 13.9. The largest absolute Gasteiger partial charge is 0.378 e. The third-order valence-corrected chi connectivity index (χ3v) is 3.46. The van der Waals surface area contributed by atoms with Crippen molar-refractivity contribution >= 4 is 40.6 Å². The fourth-order valence-corrected chi connectivity index (χ4v) is 2.42. The first-order valence-electron chi connectivity index (χ1n) is 6.71. The molecule has 0 spiro atoms. The fraction of sp³-hybridized carbons (Fsp3) is 0.188. The molecule has 0 heterocycles. The summed E-state index contributed by atoms with van der Waals surface area (Å²) < 4.78 is 0. The minimum Gasteiger partial charge on any atom is -0.378 e. The first-order valence-corrected chi connectivity index (χ1v) is 7.47. The molecule has 0 aliphatic carbocycles. The SMILES string of the molecule is CN(C)c1ccc(CNC(=O)Nc2cc(Cl)cc(Cl)c2)cc1. The summed E-state index contributed by atoms with van der Waals surface area (Å²) in [7, 11) is 3.97. The van der Waals surface area contributed by atoms with Crippen molar-refractivity contribution in [2.45, 2.75) is 6.54 Å². The maximum atomic E-state index is 11.9. The number of benzene rings is 2. The summed E-state index contributed by atoms with van der Waals surface area (Å²) in [4.78, 5) is 13.9. The van der Waals surface area contributed by atoms with Gasteiger partial charge in [-0.3, -0.25) is 0 Å². The molecule has 2 N–H and O–H groups in total. The Labute approximate surface area is 140 Å². The van der Waals surface area contributed by atoms with Crippen LogP contribution < -0.4 is 15.5 Å². The van der Waals surface area contributed by atoms with Crippen LogP contribution >= 0.6 is 23.2 Å². The molecule has 0 fully saturated rings. The molecule has 2 rings (SSSR count). The number of rotatable bonds is 4. The normalized spacial score (nSPS) is 10.2. The minimum absolute atomic E-state index is 0.310. The lowest BCUT2D eigenvalue weighted by Gasteiger charge is -2.13. The standard InChI is InChI=1S/C16H17Cl2N3O/c1-21(2)15-5-3-11(4-6-15)10-19-16(22)20-14-8-12(17)7-13(18)9-14/h3-9H,10H2,1-2H3,(H2,19,20,22). The molecule has 0 bridgehead atoms. The van der Waals surface area contributed by atoms with E-state index in [4.69, 9.17) is 23.2 Å². The number of amides is 2. The van der Waals surface area contributed by atoms with Crippen molar-refractivity contribution in [3.63, 3.8) is 0 Å². The number of carbonyl (C=O) groups excluding carboxylic acids is 1. The Morgan fingerprint density at radius 1 is 1.05 bits per heavy atom. The maximum Gasteiger partial charge on any atom is 0.319 e. The van der Waals surface area contributed by atoms with Gasteiger partial charge >= 0.3 is 6.03 Å². The number of halogens is 2. The third-order valence-electron chi connectivity index (χ3n) is 3.03. The maximum absolute atomic E-state index is 11.9. The first kappa shape index (κ1) is 16.5. The molecule has 0 aromatic heterocycles. The Morgan fingerprint density at radius 2 is 1.64 bits per heavy atom. The van der Waals surface area contributed by atoms with E-state index in [-0.39, 0.29) is 6.03 Å². The van der Waals surface area contributed by atoms with Crippen molar-refractivity contribution in [2.75, 3.05) is 24.3 Å². The van der Waals surface area contributed by atoms with Crippen LogP contribution in [0.15, 0.2) is 42.5 Å². The summed E-state index contributed by atoms with van der Waals surface area (Å²) in [5, 5.41) is 6.43. The Morgan fingerprint density at radius 3 is 2.18 bits per heavy atom. The van der Waals surface area contributed by atoms with Crippen LogP contribution in [0.25, 0.3) is 0 Å². The number of nitrogens with one attached hydrogen (secondary N) is 2. The van der Waals surface area contributed by atoms with Gasteiger partial charge in [-0.25, -0.2) is 4.79 Å². The van der Waals surface area contributed by atoms with E-state index in [1.165, 1.54) is 0 Å². The molecule has 0 atom stereocenters. The van der Waals surface area contributed by atoms with Gasteiger partial charge in [-0.1, -0.05) is 35.3 Å². The van der Waals surface area contributed by atoms with Gasteiger partial charge in [0.25, 0.3) is 0 Å². The van der Waals surface area contributed by atoms with Crippen molar-refractivity contribution in [3.05, 3.63) is 58.1 Å². The molecule has 2 amide bonds. The Kier molecular flexibility index (Phi) is 5.52. The average Bonchev–Trinajstić information content (AvgIpc) is 2.44. The predicted octanol–water partition coefficient (Wildman–Crippen LogP) is 4.38. The average molecular weight is 338 g/mol. The summed E-state index contributed by atoms with van der Waals surface area (Å²) in [6.45, 7) is 0.438. The quantitative estimate of drug-likeness (QED) is 0.869. The van der Waals surface area contributed by atoms with Crippen molar-refractivity contribution in [2.24, 2.45) is 0 Å². The van der Waals surface area contributed by atoms with Crippen LogP contribution in [-0.2, 0) is 6.54 Å². The second kappa shape index (κ2) is 7.38. The Hall–Kier alpha value is -1.91. The number of anilines is 2. The third kappa shape index (κ3) is 4.83. The molecule has 0 aliphatic heterocycles. The van der Waals surface area contributed by atoms with Crippen molar-refractivity contribution in [3.8, 4) is 0 Å². The van der Waals surface area contributed by atoms with E-state index in [1.54, 1.807) is 18.2 Å². The van der Waals surface area contributed by atoms with E-state index in [9.17, 15) is 4.79 Å². The summed E-state index contributed by atoms with van der Waals surface area (Å²) >= 11 is 11.8. The lowest BCUT2D eigenvalue weighted by molar-refractivity contribution is 0.251. The van der Waals surface area contributed by atoms with Crippen LogP contribution in [0.4, 0.5) is 16.2 Å². The van der Waals surface area contributed by atoms with Gasteiger partial charge in [0.2, 0.25) is 0 Å². The lowest BCUT2D eigenvalue weighted by atomic mass is 10.2. The molecule has 2 aromatic carbocycles. The molecule has 2 aromatic rings. The van der Waals surface area contributed by atoms with Crippen molar-refractivity contribution in [1.82, 2.24) is 5.32 Å². The molecule has 116 valence electrons. The van der Waals surface area contributed by atoms with E-state index in [0.717, 1.165) is 11.3 Å². The van der Waals surface area contributed by atoms with Crippen molar-refractivity contribution < 1.29 is 4.79 Å². The molecule has 0 aliphatic rings. The highest BCUT2D eigenvalue weighted by Crippen LogP contribution is 2.22.